The van der Waals surface area contributed by atoms with E-state index in [0.717, 1.165) is 12.1 Å². The number of aliphatic hydroxyl groups is 1. The summed E-state index contributed by atoms with van der Waals surface area (Å²) in [6.45, 7) is 1.38. The van der Waals surface area contributed by atoms with Crippen molar-refractivity contribution in [3.05, 3.63) is 35.1 Å². The van der Waals surface area contributed by atoms with Crippen molar-refractivity contribution < 1.29 is 18.3 Å². The fourth-order valence-electron chi connectivity index (χ4n) is 1.05. The highest BCUT2D eigenvalue weighted by molar-refractivity contribution is 5.23. The van der Waals surface area contributed by atoms with Gasteiger partial charge in [-0.15, -0.1) is 0 Å². The molecular weight excluding hydrogens is 195 g/mol. The maximum Gasteiger partial charge on any atom is 0.194 e. The molecule has 0 aliphatic carbocycles. The Morgan fingerprint density at radius 2 is 1.64 bits per heavy atom. The van der Waals surface area contributed by atoms with Gasteiger partial charge in [0.15, 0.2) is 17.5 Å². The minimum atomic E-state index is -1.54. The molecule has 0 aliphatic rings. The number of halogens is 3. The molecule has 0 amide bonds. The van der Waals surface area contributed by atoms with E-state index in [1.807, 2.05) is 0 Å². The van der Waals surface area contributed by atoms with Gasteiger partial charge in [0.2, 0.25) is 0 Å². The minimum absolute atomic E-state index is 0.0244. The van der Waals surface area contributed by atoms with Crippen molar-refractivity contribution in [1.82, 2.24) is 0 Å². The van der Waals surface area contributed by atoms with E-state index in [4.69, 9.17) is 10.8 Å². The Kier molecular flexibility index (Phi) is 3.13. The number of hydrogen-bond donors (Lipinski definition) is 2. The first kappa shape index (κ1) is 11.0. The van der Waals surface area contributed by atoms with E-state index in [1.54, 1.807) is 0 Å². The van der Waals surface area contributed by atoms with E-state index in [9.17, 15) is 13.2 Å². The lowest BCUT2D eigenvalue weighted by atomic mass is 10.0. The molecule has 0 saturated heterocycles. The van der Waals surface area contributed by atoms with Crippen LogP contribution in [0.25, 0.3) is 0 Å². The van der Waals surface area contributed by atoms with Gasteiger partial charge in [-0.2, -0.15) is 0 Å². The highest BCUT2D eigenvalue weighted by Gasteiger charge is 2.17. The van der Waals surface area contributed by atoms with Gasteiger partial charge in [-0.1, -0.05) is 0 Å². The van der Waals surface area contributed by atoms with Crippen molar-refractivity contribution in [2.75, 3.05) is 0 Å². The molecule has 0 aromatic heterocycles. The summed E-state index contributed by atoms with van der Waals surface area (Å²) in [4.78, 5) is 0. The van der Waals surface area contributed by atoms with Crippen LogP contribution in [0.1, 0.15) is 18.5 Å². The second-order valence-corrected chi connectivity index (χ2v) is 3.06. The average Bonchev–Trinajstić information content (AvgIpc) is 2.12. The third-order valence-corrected chi connectivity index (χ3v) is 1.91. The van der Waals surface area contributed by atoms with Crippen LogP contribution >= 0.6 is 0 Å². The lowest BCUT2D eigenvalue weighted by Gasteiger charge is -2.15. The van der Waals surface area contributed by atoms with Crippen LogP contribution in [0.4, 0.5) is 13.2 Å². The van der Waals surface area contributed by atoms with E-state index in [1.165, 1.54) is 6.92 Å². The molecule has 0 aliphatic heterocycles. The van der Waals surface area contributed by atoms with Crippen molar-refractivity contribution in [1.29, 1.82) is 0 Å². The van der Waals surface area contributed by atoms with Crippen molar-refractivity contribution in [3.63, 3.8) is 0 Å². The highest BCUT2D eigenvalue weighted by atomic mass is 19.2. The van der Waals surface area contributed by atoms with E-state index in [2.05, 4.69) is 0 Å². The molecule has 0 unspecified atom stereocenters. The van der Waals surface area contributed by atoms with Gasteiger partial charge >= 0.3 is 0 Å². The summed E-state index contributed by atoms with van der Waals surface area (Å²) < 4.78 is 37.9. The minimum Gasteiger partial charge on any atom is -0.391 e. The summed E-state index contributed by atoms with van der Waals surface area (Å²) in [6.07, 6.45) is -0.959. The van der Waals surface area contributed by atoms with Crippen LogP contribution in [0.5, 0.6) is 0 Å². The number of hydrogen-bond acceptors (Lipinski definition) is 2. The van der Waals surface area contributed by atoms with Crippen molar-refractivity contribution >= 4 is 0 Å². The van der Waals surface area contributed by atoms with Crippen molar-refractivity contribution in [2.45, 2.75) is 19.1 Å². The Bertz CT molecular complexity index is 318. The summed E-state index contributed by atoms with van der Waals surface area (Å²) >= 11 is 0. The Hall–Kier alpha value is -1.07. The van der Waals surface area contributed by atoms with E-state index in [0.29, 0.717) is 0 Å². The van der Waals surface area contributed by atoms with Gasteiger partial charge in [-0.25, -0.2) is 13.2 Å². The lowest BCUT2D eigenvalue weighted by Crippen LogP contribution is -2.23. The fraction of sp³-hybridized carbons (Fsp3) is 0.333. The maximum absolute atomic E-state index is 12.7. The number of aliphatic hydroxyl groups excluding tert-OH is 1. The Labute approximate surface area is 79.2 Å². The van der Waals surface area contributed by atoms with Crippen LogP contribution in [0.3, 0.4) is 0 Å². The number of nitrogens with two attached hydrogens (primary N) is 1. The topological polar surface area (TPSA) is 46.2 Å². The SMILES string of the molecule is C[C@@H](O)[C@H](N)c1cc(F)c(F)c(F)c1. The summed E-state index contributed by atoms with van der Waals surface area (Å²) in [5.41, 5.74) is 5.44. The number of rotatable bonds is 2. The van der Waals surface area contributed by atoms with E-state index >= 15 is 0 Å². The van der Waals surface area contributed by atoms with Gasteiger partial charge in [0, 0.05) is 0 Å². The predicted molar refractivity (Wildman–Crippen MR) is 44.9 cm³/mol. The molecule has 1 aromatic rings. The van der Waals surface area contributed by atoms with Crippen LogP contribution in [0.15, 0.2) is 12.1 Å². The average molecular weight is 205 g/mol. The Morgan fingerprint density at radius 1 is 1.21 bits per heavy atom. The van der Waals surface area contributed by atoms with Crippen LogP contribution < -0.4 is 5.73 Å². The van der Waals surface area contributed by atoms with Gasteiger partial charge in [0.1, 0.15) is 0 Å². The largest absolute Gasteiger partial charge is 0.391 e. The highest BCUT2D eigenvalue weighted by Crippen LogP contribution is 2.19. The molecule has 0 heterocycles. The molecule has 0 bridgehead atoms. The molecular formula is C9H10F3NO. The van der Waals surface area contributed by atoms with Crippen LogP contribution in [-0.4, -0.2) is 11.2 Å². The van der Waals surface area contributed by atoms with Gasteiger partial charge in [0.05, 0.1) is 12.1 Å². The molecule has 1 rings (SSSR count). The first-order valence-corrected chi connectivity index (χ1v) is 4.01. The smallest absolute Gasteiger partial charge is 0.194 e. The summed E-state index contributed by atoms with van der Waals surface area (Å²) in [5, 5.41) is 9.06. The van der Waals surface area contributed by atoms with Crippen LogP contribution in [-0.2, 0) is 0 Å². The molecule has 3 N–H and O–H groups in total. The molecule has 2 nitrogen and oxygen atoms in total. The third kappa shape index (κ3) is 2.05. The second-order valence-electron chi connectivity index (χ2n) is 3.06. The molecule has 0 fully saturated rings. The standard InChI is InChI=1S/C9H10F3NO/c1-4(14)9(13)5-2-6(10)8(12)7(11)3-5/h2-4,9,14H,13H2,1H3/t4-,9+/m1/s1. The molecule has 0 radical (unpaired) electrons. The van der Waals surface area contributed by atoms with E-state index < -0.39 is 29.6 Å². The molecule has 5 heteroatoms. The molecule has 14 heavy (non-hydrogen) atoms. The quantitative estimate of drug-likeness (QED) is 0.718. The Balaban J connectivity index is 3.12. The summed E-state index contributed by atoms with van der Waals surface area (Å²) in [5.74, 6) is -4.15. The zero-order chi connectivity index (χ0) is 10.9. The van der Waals surface area contributed by atoms with Crippen molar-refractivity contribution in [2.24, 2.45) is 5.73 Å². The predicted octanol–water partition coefficient (Wildman–Crippen LogP) is 1.48. The fourth-order valence-corrected chi connectivity index (χ4v) is 1.05. The van der Waals surface area contributed by atoms with Crippen LogP contribution in [0, 0.1) is 17.5 Å². The van der Waals surface area contributed by atoms with Gasteiger partial charge in [-0.05, 0) is 24.6 Å². The van der Waals surface area contributed by atoms with Gasteiger partial charge < -0.3 is 10.8 Å². The monoisotopic (exact) mass is 205 g/mol. The first-order chi connectivity index (χ1) is 6.43. The molecule has 0 saturated carbocycles. The summed E-state index contributed by atoms with van der Waals surface area (Å²) in [7, 11) is 0. The lowest BCUT2D eigenvalue weighted by molar-refractivity contribution is 0.164. The van der Waals surface area contributed by atoms with Crippen LogP contribution in [0.2, 0.25) is 0 Å². The maximum atomic E-state index is 12.7. The number of benzene rings is 1. The molecule has 0 spiro atoms. The normalized spacial score (nSPS) is 15.3. The zero-order valence-electron chi connectivity index (χ0n) is 7.47. The Morgan fingerprint density at radius 3 is 2.00 bits per heavy atom. The van der Waals surface area contributed by atoms with Gasteiger partial charge in [0.25, 0.3) is 0 Å². The first-order valence-electron chi connectivity index (χ1n) is 4.01. The van der Waals surface area contributed by atoms with Gasteiger partial charge in [-0.3, -0.25) is 0 Å². The second kappa shape index (κ2) is 3.98. The van der Waals surface area contributed by atoms with Crippen molar-refractivity contribution in [3.8, 4) is 0 Å². The third-order valence-electron chi connectivity index (χ3n) is 1.91. The molecule has 1 aromatic carbocycles. The molecule has 2 atom stereocenters. The summed E-state index contributed by atoms with van der Waals surface area (Å²) in [6, 6.07) is 0.616. The van der Waals surface area contributed by atoms with E-state index in [-0.39, 0.29) is 5.56 Å². The zero-order valence-corrected chi connectivity index (χ0v) is 7.47. The molecule has 78 valence electrons.